The monoisotopic (exact) mass is 440 g/mol. The first-order valence-corrected chi connectivity index (χ1v) is 10.7. The average molecular weight is 440 g/mol. The third-order valence-corrected chi connectivity index (χ3v) is 5.48. The van der Waals surface area contributed by atoms with E-state index in [0.717, 1.165) is 5.56 Å². The number of esters is 1. The van der Waals surface area contributed by atoms with Crippen LogP contribution in [0.5, 0.6) is 0 Å². The molecule has 1 aromatic heterocycles. The molecule has 8 nitrogen and oxygen atoms in total. The van der Waals surface area contributed by atoms with Gasteiger partial charge in [0.1, 0.15) is 17.8 Å². The number of nitrogens with zero attached hydrogens (tertiary/aromatic N) is 1. The van der Waals surface area contributed by atoms with Crippen LogP contribution in [-0.4, -0.2) is 54.7 Å². The second kappa shape index (κ2) is 10.3. The van der Waals surface area contributed by atoms with Gasteiger partial charge in [-0.1, -0.05) is 26.0 Å². The zero-order chi connectivity index (χ0) is 23.3. The molecule has 1 aliphatic rings. The van der Waals surface area contributed by atoms with E-state index in [1.807, 2.05) is 13.8 Å². The van der Waals surface area contributed by atoms with Gasteiger partial charge in [0, 0.05) is 17.7 Å². The fourth-order valence-electron chi connectivity index (χ4n) is 3.89. The Morgan fingerprint density at radius 3 is 2.50 bits per heavy atom. The molecule has 1 aliphatic heterocycles. The summed E-state index contributed by atoms with van der Waals surface area (Å²) in [7, 11) is 1.29. The van der Waals surface area contributed by atoms with Crippen molar-refractivity contribution in [3.63, 3.8) is 0 Å². The number of hydrogen-bond acceptors (Lipinski definition) is 6. The maximum absolute atomic E-state index is 13.1. The van der Waals surface area contributed by atoms with Crippen LogP contribution in [0.4, 0.5) is 0 Å². The predicted molar refractivity (Wildman–Crippen MR) is 117 cm³/mol. The number of rotatable bonds is 8. The van der Waals surface area contributed by atoms with Crippen LogP contribution in [0.15, 0.2) is 40.8 Å². The Labute approximate surface area is 186 Å². The van der Waals surface area contributed by atoms with E-state index in [0.29, 0.717) is 43.4 Å². The van der Waals surface area contributed by atoms with Gasteiger partial charge in [0.25, 0.3) is 5.91 Å². The molecule has 1 N–H and O–H groups in total. The number of aldehydes is 1. The number of nitrogens with one attached hydrogen (secondary N) is 1. The summed E-state index contributed by atoms with van der Waals surface area (Å²) in [5.41, 5.74) is 1.18. The molecule has 2 amide bonds. The van der Waals surface area contributed by atoms with Crippen molar-refractivity contribution in [3.05, 3.63) is 47.7 Å². The third-order valence-electron chi connectivity index (χ3n) is 5.48. The molecular weight excluding hydrogens is 412 g/mol. The Hall–Kier alpha value is -3.42. The number of furan rings is 1. The molecule has 0 saturated carbocycles. The Morgan fingerprint density at radius 1 is 1.19 bits per heavy atom. The number of carbonyl (C=O) groups is 4. The maximum Gasteiger partial charge on any atom is 0.328 e. The molecule has 32 heavy (non-hydrogen) atoms. The number of carbonyl (C=O) groups excluding carboxylic acids is 4. The van der Waals surface area contributed by atoms with Gasteiger partial charge in [-0.15, -0.1) is 0 Å². The molecule has 0 unspecified atom stereocenters. The molecule has 170 valence electrons. The lowest BCUT2D eigenvalue weighted by atomic mass is 10.0. The molecule has 0 bridgehead atoms. The van der Waals surface area contributed by atoms with Crippen LogP contribution in [0.1, 0.15) is 54.0 Å². The number of ether oxygens (including phenoxy) is 1. The first-order valence-electron chi connectivity index (χ1n) is 10.7. The third kappa shape index (κ3) is 5.25. The van der Waals surface area contributed by atoms with Crippen molar-refractivity contribution in [3.8, 4) is 11.3 Å². The fourth-order valence-corrected chi connectivity index (χ4v) is 3.89. The smallest absolute Gasteiger partial charge is 0.328 e. The van der Waals surface area contributed by atoms with Crippen LogP contribution in [-0.2, 0) is 14.3 Å². The van der Waals surface area contributed by atoms with Gasteiger partial charge in [0.05, 0.1) is 7.11 Å². The summed E-state index contributed by atoms with van der Waals surface area (Å²) in [5.74, 6) is -0.135. The number of likely N-dealkylation sites (tertiary alicyclic amines) is 1. The number of methoxy groups -OCH3 is 1. The maximum atomic E-state index is 13.1. The summed E-state index contributed by atoms with van der Waals surface area (Å²) in [6.07, 6.45) is 2.33. The average Bonchev–Trinajstić information content (AvgIpc) is 3.47. The van der Waals surface area contributed by atoms with E-state index in [4.69, 9.17) is 9.15 Å². The fraction of sp³-hybridized carbons (Fsp3) is 0.417. The summed E-state index contributed by atoms with van der Waals surface area (Å²) < 4.78 is 10.2. The highest BCUT2D eigenvalue weighted by Gasteiger charge is 2.36. The summed E-state index contributed by atoms with van der Waals surface area (Å²) in [4.78, 5) is 50.4. The van der Waals surface area contributed by atoms with E-state index in [2.05, 4.69) is 5.32 Å². The van der Waals surface area contributed by atoms with Crippen molar-refractivity contribution in [2.75, 3.05) is 13.7 Å². The van der Waals surface area contributed by atoms with E-state index in [9.17, 15) is 19.2 Å². The van der Waals surface area contributed by atoms with E-state index in [1.54, 1.807) is 41.3 Å². The summed E-state index contributed by atoms with van der Waals surface area (Å²) >= 11 is 0. The topological polar surface area (TPSA) is 106 Å². The Morgan fingerprint density at radius 2 is 1.91 bits per heavy atom. The minimum absolute atomic E-state index is 0.191. The van der Waals surface area contributed by atoms with Gasteiger partial charge < -0.3 is 19.4 Å². The van der Waals surface area contributed by atoms with Crippen molar-refractivity contribution < 1.29 is 28.3 Å². The molecule has 2 aromatic rings. The van der Waals surface area contributed by atoms with Gasteiger partial charge in [-0.05, 0) is 49.4 Å². The molecule has 1 fully saturated rings. The van der Waals surface area contributed by atoms with E-state index in [1.165, 1.54) is 7.11 Å². The van der Waals surface area contributed by atoms with Crippen molar-refractivity contribution in [2.45, 2.75) is 45.2 Å². The summed E-state index contributed by atoms with van der Waals surface area (Å²) in [6, 6.07) is 8.71. The first kappa shape index (κ1) is 23.2. The van der Waals surface area contributed by atoms with Crippen molar-refractivity contribution >= 4 is 24.1 Å². The molecule has 1 saturated heterocycles. The highest BCUT2D eigenvalue weighted by Crippen LogP contribution is 2.25. The molecule has 0 aliphatic carbocycles. The Bertz CT molecular complexity index is 979. The number of benzene rings is 1. The standard InChI is InChI=1S/C24H28N2O6/c1-15(2)13-19(24(30)31-3)25-22(28)20-5-4-12-26(20)23(29)17-8-6-16(7-9-17)21-11-10-18(14-27)32-21/h6-11,14-15,19-20H,4-5,12-13H2,1-3H3,(H,25,28)/t19-,20-/m0/s1. The van der Waals surface area contributed by atoms with Crippen molar-refractivity contribution in [1.82, 2.24) is 10.2 Å². The highest BCUT2D eigenvalue weighted by atomic mass is 16.5. The zero-order valence-electron chi connectivity index (χ0n) is 18.5. The van der Waals surface area contributed by atoms with Gasteiger partial charge in [-0.2, -0.15) is 0 Å². The molecule has 0 radical (unpaired) electrons. The number of amides is 2. The quantitative estimate of drug-likeness (QED) is 0.500. The first-order chi connectivity index (χ1) is 15.3. The van der Waals surface area contributed by atoms with Gasteiger partial charge in [0.2, 0.25) is 5.91 Å². The van der Waals surface area contributed by atoms with Gasteiger partial charge in [-0.25, -0.2) is 4.79 Å². The van der Waals surface area contributed by atoms with Gasteiger partial charge in [0.15, 0.2) is 12.0 Å². The molecule has 2 heterocycles. The van der Waals surface area contributed by atoms with Crippen molar-refractivity contribution in [2.24, 2.45) is 5.92 Å². The van der Waals surface area contributed by atoms with Crippen LogP contribution < -0.4 is 5.32 Å². The predicted octanol–water partition coefficient (Wildman–Crippen LogP) is 3.07. The second-order valence-corrected chi connectivity index (χ2v) is 8.27. The minimum atomic E-state index is -0.742. The lowest BCUT2D eigenvalue weighted by Crippen LogP contribution is -2.51. The molecule has 1 aromatic carbocycles. The van der Waals surface area contributed by atoms with Gasteiger partial charge in [-0.3, -0.25) is 14.4 Å². The minimum Gasteiger partial charge on any atom is -0.467 e. The second-order valence-electron chi connectivity index (χ2n) is 8.27. The molecule has 8 heteroatoms. The lowest BCUT2D eigenvalue weighted by Gasteiger charge is -2.26. The Balaban J connectivity index is 1.71. The molecular formula is C24H28N2O6. The highest BCUT2D eigenvalue weighted by molar-refractivity contribution is 5.98. The normalized spacial score (nSPS) is 16.6. The molecule has 2 atom stereocenters. The molecule has 0 spiro atoms. The number of hydrogen-bond donors (Lipinski definition) is 1. The summed E-state index contributed by atoms with van der Waals surface area (Å²) in [6.45, 7) is 4.38. The van der Waals surface area contributed by atoms with Crippen LogP contribution in [0.25, 0.3) is 11.3 Å². The largest absolute Gasteiger partial charge is 0.467 e. The van der Waals surface area contributed by atoms with E-state index < -0.39 is 18.1 Å². The van der Waals surface area contributed by atoms with E-state index >= 15 is 0 Å². The zero-order valence-corrected chi connectivity index (χ0v) is 18.5. The SMILES string of the molecule is COC(=O)[C@H](CC(C)C)NC(=O)[C@@H]1CCCN1C(=O)c1ccc(-c2ccc(C=O)o2)cc1. The summed E-state index contributed by atoms with van der Waals surface area (Å²) in [5, 5.41) is 2.77. The van der Waals surface area contributed by atoms with Gasteiger partial charge >= 0.3 is 5.97 Å². The van der Waals surface area contributed by atoms with Crippen LogP contribution >= 0.6 is 0 Å². The molecule has 3 rings (SSSR count). The van der Waals surface area contributed by atoms with Crippen LogP contribution in [0, 0.1) is 5.92 Å². The Kier molecular flexibility index (Phi) is 7.45. The van der Waals surface area contributed by atoms with E-state index in [-0.39, 0.29) is 23.5 Å². The van der Waals surface area contributed by atoms with Crippen molar-refractivity contribution in [1.29, 1.82) is 0 Å². The van der Waals surface area contributed by atoms with Crippen LogP contribution in [0.2, 0.25) is 0 Å². The lowest BCUT2D eigenvalue weighted by molar-refractivity contribution is -0.146. The van der Waals surface area contributed by atoms with Crippen LogP contribution in [0.3, 0.4) is 0 Å².